The molecule has 1 aliphatic carbocycles. The highest BCUT2D eigenvalue weighted by Crippen LogP contribution is 2.23. The lowest BCUT2D eigenvalue weighted by atomic mass is 10.3. The Balaban J connectivity index is 1.55. The number of aromatic nitrogens is 2. The molecule has 0 amide bonds. The van der Waals surface area contributed by atoms with E-state index in [1.165, 1.54) is 12.8 Å². The third-order valence-corrected chi connectivity index (χ3v) is 4.73. The quantitative estimate of drug-likeness (QED) is 0.747. The Morgan fingerprint density at radius 3 is 1.96 bits per heavy atom. The predicted octanol–water partition coefficient (Wildman–Crippen LogP) is 0.599. The maximum absolute atomic E-state index is 5.45. The molecule has 8 nitrogen and oxygen atoms in total. The zero-order valence-corrected chi connectivity index (χ0v) is 15.1. The normalized spacial score (nSPS) is 21.1. The number of thiocarbonyl (C=S) groups is 1. The Kier molecular flexibility index (Phi) is 5.14. The van der Waals surface area contributed by atoms with E-state index in [9.17, 15) is 0 Å². The molecule has 0 unspecified atom stereocenters. The number of hydrogen-bond acceptors (Lipinski definition) is 7. The first kappa shape index (κ1) is 16.7. The van der Waals surface area contributed by atoms with Crippen molar-refractivity contribution in [2.24, 2.45) is 0 Å². The molecule has 1 aromatic rings. The van der Waals surface area contributed by atoms with Crippen molar-refractivity contribution in [2.75, 3.05) is 67.7 Å². The lowest BCUT2D eigenvalue weighted by molar-refractivity contribution is 0.122. The number of nitrogens with one attached hydrogen (secondary N) is 2. The van der Waals surface area contributed by atoms with E-state index in [0.29, 0.717) is 17.1 Å². The first-order chi connectivity index (χ1) is 12.3. The van der Waals surface area contributed by atoms with E-state index in [1.807, 2.05) is 0 Å². The van der Waals surface area contributed by atoms with Gasteiger partial charge >= 0.3 is 0 Å². The molecule has 0 spiro atoms. The van der Waals surface area contributed by atoms with Crippen LogP contribution >= 0.6 is 12.2 Å². The van der Waals surface area contributed by atoms with Crippen LogP contribution in [-0.2, 0) is 9.47 Å². The molecule has 1 saturated carbocycles. The zero-order valence-electron chi connectivity index (χ0n) is 14.2. The fourth-order valence-electron chi connectivity index (χ4n) is 2.94. The molecule has 3 aliphatic rings. The van der Waals surface area contributed by atoms with E-state index in [1.54, 1.807) is 0 Å². The number of anilines is 3. The molecular weight excluding hydrogens is 340 g/mol. The van der Waals surface area contributed by atoms with Crippen molar-refractivity contribution >= 4 is 34.9 Å². The minimum Gasteiger partial charge on any atom is -0.378 e. The molecule has 136 valence electrons. The summed E-state index contributed by atoms with van der Waals surface area (Å²) in [6.07, 6.45) is 2.35. The van der Waals surface area contributed by atoms with Crippen LogP contribution in [0.15, 0.2) is 6.07 Å². The van der Waals surface area contributed by atoms with Gasteiger partial charge in [0, 0.05) is 38.3 Å². The Labute approximate surface area is 152 Å². The van der Waals surface area contributed by atoms with Gasteiger partial charge in [-0.2, -0.15) is 9.97 Å². The second-order valence-corrected chi connectivity index (χ2v) is 6.89. The summed E-state index contributed by atoms with van der Waals surface area (Å²) in [5.74, 6) is 2.37. The van der Waals surface area contributed by atoms with E-state index in [4.69, 9.17) is 21.7 Å². The van der Waals surface area contributed by atoms with Crippen molar-refractivity contribution in [1.29, 1.82) is 0 Å². The smallest absolute Gasteiger partial charge is 0.232 e. The van der Waals surface area contributed by atoms with Gasteiger partial charge in [-0.05, 0) is 25.1 Å². The molecule has 4 rings (SSSR count). The van der Waals surface area contributed by atoms with Crippen molar-refractivity contribution in [1.82, 2.24) is 15.3 Å². The van der Waals surface area contributed by atoms with Crippen LogP contribution in [0.4, 0.5) is 17.6 Å². The van der Waals surface area contributed by atoms with Crippen LogP contribution in [0, 0.1) is 0 Å². The van der Waals surface area contributed by atoms with Crippen LogP contribution in [0.3, 0.4) is 0 Å². The lowest BCUT2D eigenvalue weighted by Crippen LogP contribution is -2.39. The largest absolute Gasteiger partial charge is 0.378 e. The molecule has 2 aliphatic heterocycles. The van der Waals surface area contributed by atoms with Crippen molar-refractivity contribution in [2.45, 2.75) is 18.9 Å². The average molecular weight is 364 g/mol. The van der Waals surface area contributed by atoms with Crippen LogP contribution < -0.4 is 20.4 Å². The molecule has 3 fully saturated rings. The number of rotatable bonds is 4. The molecule has 0 radical (unpaired) electrons. The highest BCUT2D eigenvalue weighted by Gasteiger charge is 2.23. The Bertz CT molecular complexity index is 578. The molecule has 0 bridgehead atoms. The third kappa shape index (κ3) is 4.47. The lowest BCUT2D eigenvalue weighted by Gasteiger charge is -2.31. The molecular formula is C16H24N6O2S. The van der Waals surface area contributed by atoms with Crippen LogP contribution in [0.1, 0.15) is 12.8 Å². The second-order valence-electron chi connectivity index (χ2n) is 6.48. The maximum atomic E-state index is 5.45. The standard InChI is InChI=1S/C16H24N6O2S/c25-16(17-12-1-2-12)20-15-18-13(21-3-7-23-8-4-21)11-14(19-15)22-5-9-24-10-6-22/h11-12H,1-10H2,(H2,17,18,19,20,25). The maximum Gasteiger partial charge on any atom is 0.232 e. The van der Waals surface area contributed by atoms with Crippen LogP contribution in [0.25, 0.3) is 0 Å². The average Bonchev–Trinajstić information content (AvgIpc) is 3.47. The van der Waals surface area contributed by atoms with E-state index in [2.05, 4.69) is 36.5 Å². The van der Waals surface area contributed by atoms with Gasteiger partial charge in [0.15, 0.2) is 5.11 Å². The molecule has 0 aromatic carbocycles. The highest BCUT2D eigenvalue weighted by atomic mass is 32.1. The summed E-state index contributed by atoms with van der Waals surface area (Å²) in [6, 6.07) is 2.56. The third-order valence-electron chi connectivity index (χ3n) is 4.51. The minimum atomic E-state index is 0.501. The number of hydrogen-bond donors (Lipinski definition) is 2. The molecule has 9 heteroatoms. The molecule has 2 N–H and O–H groups in total. The zero-order chi connectivity index (χ0) is 17.1. The Morgan fingerprint density at radius 1 is 0.960 bits per heavy atom. The topological polar surface area (TPSA) is 74.8 Å². The van der Waals surface area contributed by atoms with Gasteiger partial charge in [-0.1, -0.05) is 0 Å². The van der Waals surface area contributed by atoms with Gasteiger partial charge in [0.05, 0.1) is 26.4 Å². The van der Waals surface area contributed by atoms with Crippen LogP contribution in [-0.4, -0.2) is 73.7 Å². The summed E-state index contributed by atoms with van der Waals surface area (Å²) in [5.41, 5.74) is 0. The van der Waals surface area contributed by atoms with E-state index >= 15 is 0 Å². The number of ether oxygens (including phenoxy) is 2. The van der Waals surface area contributed by atoms with Gasteiger partial charge in [0.1, 0.15) is 11.6 Å². The summed E-state index contributed by atoms with van der Waals surface area (Å²) in [5, 5.41) is 7.02. The van der Waals surface area contributed by atoms with Gasteiger partial charge < -0.3 is 29.9 Å². The van der Waals surface area contributed by atoms with Gasteiger partial charge in [-0.25, -0.2) is 0 Å². The Hall–Kier alpha value is -1.71. The van der Waals surface area contributed by atoms with Crippen molar-refractivity contribution in [3.63, 3.8) is 0 Å². The van der Waals surface area contributed by atoms with Gasteiger partial charge in [0.2, 0.25) is 5.95 Å². The van der Waals surface area contributed by atoms with Crippen molar-refractivity contribution < 1.29 is 9.47 Å². The molecule has 1 aromatic heterocycles. The summed E-state index contributed by atoms with van der Waals surface area (Å²) < 4.78 is 10.9. The summed E-state index contributed by atoms with van der Waals surface area (Å²) in [7, 11) is 0. The summed E-state index contributed by atoms with van der Waals surface area (Å²) in [6.45, 7) is 6.24. The summed E-state index contributed by atoms with van der Waals surface area (Å²) >= 11 is 5.38. The first-order valence-electron chi connectivity index (χ1n) is 8.90. The summed E-state index contributed by atoms with van der Waals surface area (Å²) in [4.78, 5) is 13.8. The minimum absolute atomic E-state index is 0.501. The fourth-order valence-corrected chi connectivity index (χ4v) is 3.20. The fraction of sp³-hybridized carbons (Fsp3) is 0.688. The molecule has 3 heterocycles. The number of nitrogens with zero attached hydrogens (tertiary/aromatic N) is 4. The predicted molar refractivity (Wildman–Crippen MR) is 100 cm³/mol. The molecule has 0 atom stereocenters. The van der Waals surface area contributed by atoms with E-state index in [0.717, 1.165) is 64.2 Å². The first-order valence-corrected chi connectivity index (χ1v) is 9.31. The highest BCUT2D eigenvalue weighted by molar-refractivity contribution is 7.80. The Morgan fingerprint density at radius 2 is 1.48 bits per heavy atom. The van der Waals surface area contributed by atoms with Crippen LogP contribution in [0.2, 0.25) is 0 Å². The van der Waals surface area contributed by atoms with Gasteiger partial charge in [-0.15, -0.1) is 0 Å². The molecule has 25 heavy (non-hydrogen) atoms. The molecule has 2 saturated heterocycles. The second kappa shape index (κ2) is 7.67. The number of morpholine rings is 2. The van der Waals surface area contributed by atoms with Gasteiger partial charge in [-0.3, -0.25) is 0 Å². The SMILES string of the molecule is S=C(Nc1nc(N2CCOCC2)cc(N2CCOCC2)n1)NC1CC1. The van der Waals surface area contributed by atoms with Crippen molar-refractivity contribution in [3.8, 4) is 0 Å². The van der Waals surface area contributed by atoms with Gasteiger partial charge in [0.25, 0.3) is 0 Å². The van der Waals surface area contributed by atoms with E-state index in [-0.39, 0.29) is 0 Å². The van der Waals surface area contributed by atoms with Crippen molar-refractivity contribution in [3.05, 3.63) is 6.07 Å². The monoisotopic (exact) mass is 364 g/mol. The van der Waals surface area contributed by atoms with E-state index < -0.39 is 0 Å². The van der Waals surface area contributed by atoms with Crippen LogP contribution in [0.5, 0.6) is 0 Å².